The molecule has 7 N–H and O–H groups in total. The summed E-state index contributed by atoms with van der Waals surface area (Å²) in [6.45, 7) is 3.51. The van der Waals surface area contributed by atoms with Gasteiger partial charge in [-0.1, -0.05) is 152 Å². The lowest BCUT2D eigenvalue weighted by Gasteiger charge is -2.40. The summed E-state index contributed by atoms with van der Waals surface area (Å²) in [4.78, 5) is 12.9. The Morgan fingerprint density at radius 1 is 0.648 bits per heavy atom. The lowest BCUT2D eigenvalue weighted by Crippen LogP contribution is -2.60. The Kier molecular flexibility index (Phi) is 31.9. The maximum atomic E-state index is 12.9. The molecule has 0 aromatic carbocycles. The fourth-order valence-electron chi connectivity index (χ4n) is 6.48. The fourth-order valence-corrected chi connectivity index (χ4v) is 6.48. The van der Waals surface area contributed by atoms with E-state index in [2.05, 4.69) is 61.7 Å². The lowest BCUT2D eigenvalue weighted by atomic mass is 9.98. The summed E-state index contributed by atoms with van der Waals surface area (Å²) in [5.41, 5.74) is 0. The van der Waals surface area contributed by atoms with Crippen molar-refractivity contribution in [2.45, 2.75) is 210 Å². The number of allylic oxidation sites excluding steroid dienone is 8. The molecule has 0 saturated carbocycles. The van der Waals surface area contributed by atoms with Gasteiger partial charge >= 0.3 is 0 Å². The summed E-state index contributed by atoms with van der Waals surface area (Å²) >= 11 is 0. The quantitative estimate of drug-likeness (QED) is 0.0264. The number of hydrogen-bond acceptors (Lipinski definition) is 9. The molecule has 0 spiro atoms. The van der Waals surface area contributed by atoms with Crippen LogP contribution in [0, 0.1) is 0 Å². The van der Waals surface area contributed by atoms with Crippen molar-refractivity contribution < 1.29 is 44.9 Å². The van der Waals surface area contributed by atoms with Crippen molar-refractivity contribution in [2.75, 3.05) is 13.2 Å². The Morgan fingerprint density at radius 2 is 1.13 bits per heavy atom. The highest BCUT2D eigenvalue weighted by Gasteiger charge is 2.44. The van der Waals surface area contributed by atoms with Gasteiger partial charge in [0.2, 0.25) is 5.91 Å². The molecule has 1 saturated heterocycles. The van der Waals surface area contributed by atoms with E-state index in [1.165, 1.54) is 70.6 Å². The molecule has 54 heavy (non-hydrogen) atoms. The van der Waals surface area contributed by atoms with E-state index in [9.17, 15) is 35.4 Å². The zero-order valence-electron chi connectivity index (χ0n) is 33.8. The van der Waals surface area contributed by atoms with Gasteiger partial charge in [0, 0.05) is 6.42 Å². The Balaban J connectivity index is 2.50. The zero-order valence-corrected chi connectivity index (χ0v) is 33.8. The normalized spacial score (nSPS) is 22.6. The molecule has 10 heteroatoms. The predicted octanol–water partition coefficient (Wildman–Crippen LogP) is 7.25. The van der Waals surface area contributed by atoms with Gasteiger partial charge in [-0.15, -0.1) is 0 Å². The van der Waals surface area contributed by atoms with Gasteiger partial charge in [-0.05, 0) is 51.4 Å². The van der Waals surface area contributed by atoms with E-state index in [-0.39, 0.29) is 18.9 Å². The number of carbonyl (C=O) groups is 1. The zero-order chi connectivity index (χ0) is 39.7. The first-order valence-corrected chi connectivity index (χ1v) is 21.4. The van der Waals surface area contributed by atoms with Gasteiger partial charge < -0.3 is 45.4 Å². The largest absolute Gasteiger partial charge is 0.394 e. The third-order valence-corrected chi connectivity index (χ3v) is 10.0. The van der Waals surface area contributed by atoms with E-state index in [4.69, 9.17) is 9.47 Å². The molecule has 1 rings (SSSR count). The van der Waals surface area contributed by atoms with Crippen LogP contribution in [0.2, 0.25) is 0 Å². The molecule has 8 atom stereocenters. The number of rotatable bonds is 34. The van der Waals surface area contributed by atoms with Crippen LogP contribution in [0.5, 0.6) is 0 Å². The summed E-state index contributed by atoms with van der Waals surface area (Å²) in [5.74, 6) is -0.315. The van der Waals surface area contributed by atoms with Crippen LogP contribution in [-0.4, -0.2) is 98.7 Å². The van der Waals surface area contributed by atoms with Crippen LogP contribution < -0.4 is 5.32 Å². The molecule has 1 heterocycles. The van der Waals surface area contributed by atoms with Crippen molar-refractivity contribution >= 4 is 5.91 Å². The molecule has 0 aliphatic carbocycles. The average molecular weight is 766 g/mol. The Morgan fingerprint density at radius 3 is 1.67 bits per heavy atom. The molecule has 1 amide bonds. The van der Waals surface area contributed by atoms with Gasteiger partial charge in [0.05, 0.1) is 25.4 Å². The van der Waals surface area contributed by atoms with Crippen LogP contribution in [0.1, 0.15) is 162 Å². The van der Waals surface area contributed by atoms with Crippen molar-refractivity contribution in [3.63, 3.8) is 0 Å². The smallest absolute Gasteiger partial charge is 0.220 e. The Hall–Kier alpha value is -1.89. The summed E-state index contributed by atoms with van der Waals surface area (Å²) < 4.78 is 11.1. The third kappa shape index (κ3) is 24.6. The average Bonchev–Trinajstić information content (AvgIpc) is 3.17. The standard InChI is InChI=1S/C44H79NO9/c1-3-5-7-9-11-13-15-17-18-19-20-21-23-25-27-29-31-33-39(48)45-36(35-53-44-43(52)42(51)41(50)38(34-46)54-44)40(49)37(47)32-30-28-26-24-22-16-14-12-10-8-6-4-2/h11,13,17-18,20-21,25,27,36-38,40-44,46-47,49-52H,3-10,12,14-16,19,22-24,26,28-35H2,1-2H3,(H,45,48)/b13-11-,18-17-,21-20-,27-25-/t36-,37+,38?,40-,41-,42-,43?,44+/m0/s1. The van der Waals surface area contributed by atoms with Crippen molar-refractivity contribution in [1.29, 1.82) is 0 Å². The van der Waals surface area contributed by atoms with E-state index < -0.39 is 55.6 Å². The topological polar surface area (TPSA) is 169 Å². The van der Waals surface area contributed by atoms with Crippen LogP contribution >= 0.6 is 0 Å². The SMILES string of the molecule is CCCCC/C=C\C/C=C\C/C=C\C/C=C\CCCC(=O)N[C@@H](CO[C@@H]1OC(CO)[C@H](O)[C@H](O)C1O)[C@H](O)[C@H](O)CCCCCCCCCCCCCC. The molecule has 0 radical (unpaired) electrons. The minimum absolute atomic E-state index is 0.204. The van der Waals surface area contributed by atoms with Crippen molar-refractivity contribution in [1.82, 2.24) is 5.32 Å². The number of carbonyl (C=O) groups excluding carboxylic acids is 1. The predicted molar refractivity (Wildman–Crippen MR) is 218 cm³/mol. The van der Waals surface area contributed by atoms with Gasteiger partial charge in [0.25, 0.3) is 0 Å². The highest BCUT2D eigenvalue weighted by Crippen LogP contribution is 2.23. The number of aliphatic hydroxyl groups is 6. The molecular formula is C44H79NO9. The van der Waals surface area contributed by atoms with Crippen molar-refractivity contribution in [2.24, 2.45) is 0 Å². The second-order valence-corrected chi connectivity index (χ2v) is 14.9. The summed E-state index contributed by atoms with van der Waals surface area (Å²) in [7, 11) is 0. The minimum Gasteiger partial charge on any atom is -0.394 e. The number of ether oxygens (including phenoxy) is 2. The molecule has 10 nitrogen and oxygen atoms in total. The highest BCUT2D eigenvalue weighted by atomic mass is 16.7. The molecule has 1 aliphatic rings. The lowest BCUT2D eigenvalue weighted by molar-refractivity contribution is -0.303. The molecule has 314 valence electrons. The van der Waals surface area contributed by atoms with E-state index in [0.29, 0.717) is 19.3 Å². The van der Waals surface area contributed by atoms with Crippen LogP contribution in [0.25, 0.3) is 0 Å². The molecule has 1 fully saturated rings. The van der Waals surface area contributed by atoms with Crippen LogP contribution in [0.4, 0.5) is 0 Å². The van der Waals surface area contributed by atoms with Gasteiger partial charge in [0.15, 0.2) is 6.29 Å². The molecule has 2 unspecified atom stereocenters. The first kappa shape index (κ1) is 50.1. The second kappa shape index (κ2) is 34.4. The first-order valence-electron chi connectivity index (χ1n) is 21.4. The minimum atomic E-state index is -1.62. The molecule has 0 bridgehead atoms. The monoisotopic (exact) mass is 766 g/mol. The number of aliphatic hydroxyl groups excluding tert-OH is 6. The molecular weight excluding hydrogens is 686 g/mol. The van der Waals surface area contributed by atoms with Gasteiger partial charge in [-0.3, -0.25) is 4.79 Å². The number of nitrogens with one attached hydrogen (secondary N) is 1. The Bertz CT molecular complexity index is 1000. The summed E-state index contributed by atoms with van der Waals surface area (Å²) in [5, 5.41) is 64.9. The van der Waals surface area contributed by atoms with Gasteiger partial charge in [-0.25, -0.2) is 0 Å². The first-order chi connectivity index (χ1) is 26.3. The van der Waals surface area contributed by atoms with Crippen LogP contribution in [0.3, 0.4) is 0 Å². The number of hydrogen-bond donors (Lipinski definition) is 7. The highest BCUT2D eigenvalue weighted by molar-refractivity contribution is 5.76. The van der Waals surface area contributed by atoms with Crippen LogP contribution in [-0.2, 0) is 14.3 Å². The van der Waals surface area contributed by atoms with E-state index in [0.717, 1.165) is 51.4 Å². The van der Waals surface area contributed by atoms with Crippen LogP contribution in [0.15, 0.2) is 48.6 Å². The van der Waals surface area contributed by atoms with Crippen molar-refractivity contribution in [3.8, 4) is 0 Å². The van der Waals surface area contributed by atoms with Gasteiger partial charge in [-0.2, -0.15) is 0 Å². The summed E-state index contributed by atoms with van der Waals surface area (Å²) in [6.07, 6.45) is 31.2. The van der Waals surface area contributed by atoms with E-state index in [1.54, 1.807) is 0 Å². The Labute approximate surface area is 327 Å². The molecule has 0 aromatic rings. The van der Waals surface area contributed by atoms with Crippen molar-refractivity contribution in [3.05, 3.63) is 48.6 Å². The molecule has 1 aliphatic heterocycles. The summed E-state index contributed by atoms with van der Waals surface area (Å²) in [6, 6.07) is -1.02. The maximum Gasteiger partial charge on any atom is 0.220 e. The van der Waals surface area contributed by atoms with E-state index in [1.807, 2.05) is 6.08 Å². The van der Waals surface area contributed by atoms with E-state index >= 15 is 0 Å². The fraction of sp³-hybridized carbons (Fsp3) is 0.795. The number of amides is 1. The third-order valence-electron chi connectivity index (χ3n) is 10.0. The van der Waals surface area contributed by atoms with Gasteiger partial charge in [0.1, 0.15) is 30.5 Å². The molecule has 0 aromatic heterocycles. The maximum absolute atomic E-state index is 12.9. The second-order valence-electron chi connectivity index (χ2n) is 14.9. The number of unbranched alkanes of at least 4 members (excludes halogenated alkanes) is 15.